The summed E-state index contributed by atoms with van der Waals surface area (Å²) >= 11 is 1.11. The summed E-state index contributed by atoms with van der Waals surface area (Å²) in [5, 5.41) is 21.4. The number of carbonyl (C=O) groups is 1. The van der Waals surface area contributed by atoms with Gasteiger partial charge in [-0.15, -0.1) is 11.8 Å². The van der Waals surface area contributed by atoms with Crippen molar-refractivity contribution in [2.75, 3.05) is 18.2 Å². The van der Waals surface area contributed by atoms with Gasteiger partial charge in [0.05, 0.1) is 12.8 Å². The molecule has 5 nitrogen and oxygen atoms in total. The van der Waals surface area contributed by atoms with Crippen LogP contribution in [-0.4, -0.2) is 34.4 Å². The van der Waals surface area contributed by atoms with Crippen molar-refractivity contribution in [3.63, 3.8) is 0 Å². The quantitative estimate of drug-likeness (QED) is 0.549. The minimum atomic E-state index is -1.14. The Morgan fingerprint density at radius 2 is 2.29 bits per heavy atom. The van der Waals surface area contributed by atoms with E-state index in [0.717, 1.165) is 11.8 Å². The van der Waals surface area contributed by atoms with Crippen LogP contribution in [0.2, 0.25) is 0 Å². The van der Waals surface area contributed by atoms with Gasteiger partial charge >= 0.3 is 0 Å². The zero-order chi connectivity index (χ0) is 12.8. The van der Waals surface area contributed by atoms with E-state index < -0.39 is 11.3 Å². The molecule has 0 fully saturated rings. The molecule has 1 aromatic carbocycles. The molecule has 0 aliphatic rings. The van der Waals surface area contributed by atoms with Gasteiger partial charge in [-0.1, -0.05) is 6.92 Å². The van der Waals surface area contributed by atoms with Crippen molar-refractivity contribution in [3.05, 3.63) is 18.2 Å². The molecule has 0 saturated heterocycles. The molecule has 3 N–H and O–H groups in total. The molecule has 17 heavy (non-hydrogen) atoms. The van der Waals surface area contributed by atoms with Crippen LogP contribution in [0, 0.1) is 0 Å². The van der Waals surface area contributed by atoms with Crippen LogP contribution < -0.4 is 10.1 Å². The number of thioether (sulfide) groups is 1. The van der Waals surface area contributed by atoms with E-state index in [-0.39, 0.29) is 11.4 Å². The normalized spacial score (nSPS) is 11.9. The summed E-state index contributed by atoms with van der Waals surface area (Å²) in [6.45, 7) is 1.84. The first kappa shape index (κ1) is 13.7. The summed E-state index contributed by atoms with van der Waals surface area (Å²) in [5.41, 5.74) is -0.895. The Bertz CT molecular complexity index is 397. The number of aliphatic hydroxyl groups is 1. The number of nitrogens with one attached hydrogen (secondary N) is 1. The van der Waals surface area contributed by atoms with E-state index in [1.54, 1.807) is 6.07 Å². The first-order valence-corrected chi connectivity index (χ1v) is 6.11. The number of benzene rings is 1. The monoisotopic (exact) mass is 257 g/mol. The molecule has 0 aliphatic heterocycles. The summed E-state index contributed by atoms with van der Waals surface area (Å²) < 4.78 is 4.91. The van der Waals surface area contributed by atoms with E-state index >= 15 is 0 Å². The molecule has 0 aliphatic carbocycles. The predicted molar refractivity (Wildman–Crippen MR) is 67.4 cm³/mol. The largest absolute Gasteiger partial charge is 0.506 e. The number of aliphatic hydroxyl groups excluding tert-OH is 1. The van der Waals surface area contributed by atoms with E-state index in [2.05, 4.69) is 5.32 Å². The number of hydrogen-bond donors (Lipinski definition) is 3. The van der Waals surface area contributed by atoms with Gasteiger partial charge in [0.2, 0.25) is 0 Å². The maximum Gasteiger partial charge on any atom is 0.263 e. The Labute approximate surface area is 104 Å². The Hall–Kier alpha value is -1.40. The number of phenolic OH excluding ortho intramolecular Hbond substituents is 1. The zero-order valence-corrected chi connectivity index (χ0v) is 10.5. The highest BCUT2D eigenvalue weighted by atomic mass is 32.2. The second kappa shape index (κ2) is 6.36. The lowest BCUT2D eigenvalue weighted by atomic mass is 10.2. The average Bonchev–Trinajstić information content (AvgIpc) is 2.31. The van der Waals surface area contributed by atoms with E-state index in [0.29, 0.717) is 11.5 Å². The van der Waals surface area contributed by atoms with E-state index in [1.165, 1.54) is 19.2 Å². The number of methoxy groups -OCH3 is 1. The van der Waals surface area contributed by atoms with Crippen LogP contribution in [0.5, 0.6) is 11.5 Å². The number of amides is 1. The molecule has 6 heteroatoms. The smallest absolute Gasteiger partial charge is 0.263 e. The number of rotatable bonds is 5. The lowest BCUT2D eigenvalue weighted by Crippen LogP contribution is -2.24. The summed E-state index contributed by atoms with van der Waals surface area (Å²) in [5.74, 6) is 0.455. The van der Waals surface area contributed by atoms with Gasteiger partial charge in [-0.25, -0.2) is 0 Å². The fourth-order valence-electron chi connectivity index (χ4n) is 1.17. The Morgan fingerprint density at radius 1 is 1.59 bits per heavy atom. The third-order valence-corrected chi connectivity index (χ3v) is 2.87. The van der Waals surface area contributed by atoms with Crippen molar-refractivity contribution < 1.29 is 19.7 Å². The molecular formula is C11H15NO4S. The third kappa shape index (κ3) is 3.83. The molecule has 1 aromatic rings. The molecule has 0 radical (unpaired) electrons. The van der Waals surface area contributed by atoms with Gasteiger partial charge < -0.3 is 20.3 Å². The number of phenols is 1. The van der Waals surface area contributed by atoms with Gasteiger partial charge in [-0.3, -0.25) is 4.79 Å². The van der Waals surface area contributed by atoms with Gasteiger partial charge in [0.15, 0.2) is 5.44 Å². The second-order valence-electron chi connectivity index (χ2n) is 3.18. The standard InChI is InChI=1S/C11H15NO4S/c1-3-17-11(15)10(14)12-8-5-4-7(16-2)6-9(8)13/h4-6,11,13,15H,3H2,1-2H3,(H,12,14). The van der Waals surface area contributed by atoms with Crippen LogP contribution in [0.25, 0.3) is 0 Å². The first-order chi connectivity index (χ1) is 8.08. The zero-order valence-electron chi connectivity index (χ0n) is 9.64. The van der Waals surface area contributed by atoms with Crippen molar-refractivity contribution in [1.82, 2.24) is 0 Å². The third-order valence-electron chi connectivity index (χ3n) is 2.01. The fourth-order valence-corrected chi connectivity index (χ4v) is 1.70. The number of hydrogen-bond acceptors (Lipinski definition) is 5. The predicted octanol–water partition coefficient (Wildman–Crippen LogP) is 1.41. The Kier molecular flexibility index (Phi) is 5.11. The lowest BCUT2D eigenvalue weighted by molar-refractivity contribution is -0.120. The van der Waals surface area contributed by atoms with Gasteiger partial charge in [-0.05, 0) is 17.9 Å². The number of anilines is 1. The molecule has 1 atom stereocenters. The molecule has 1 amide bonds. The second-order valence-corrected chi connectivity index (χ2v) is 4.54. The molecule has 0 aromatic heterocycles. The van der Waals surface area contributed by atoms with Crippen molar-refractivity contribution >= 4 is 23.4 Å². The maximum absolute atomic E-state index is 11.5. The molecule has 0 heterocycles. The molecule has 1 unspecified atom stereocenters. The fraction of sp³-hybridized carbons (Fsp3) is 0.364. The van der Waals surface area contributed by atoms with Crippen LogP contribution >= 0.6 is 11.8 Å². The van der Waals surface area contributed by atoms with Gasteiger partial charge in [-0.2, -0.15) is 0 Å². The SMILES string of the molecule is CCSC(O)C(=O)Nc1ccc(OC)cc1O. The highest BCUT2D eigenvalue weighted by Gasteiger charge is 2.16. The minimum absolute atomic E-state index is 0.105. The van der Waals surface area contributed by atoms with Crippen LogP contribution in [-0.2, 0) is 4.79 Å². The molecule has 0 spiro atoms. The minimum Gasteiger partial charge on any atom is -0.506 e. The van der Waals surface area contributed by atoms with Gasteiger partial charge in [0.1, 0.15) is 11.5 Å². The van der Waals surface area contributed by atoms with Crippen LogP contribution in [0.1, 0.15) is 6.92 Å². The summed E-state index contributed by atoms with van der Waals surface area (Å²) in [6.07, 6.45) is 0. The lowest BCUT2D eigenvalue weighted by Gasteiger charge is -2.11. The molecule has 94 valence electrons. The summed E-state index contributed by atoms with van der Waals surface area (Å²) in [7, 11) is 1.48. The number of carbonyl (C=O) groups excluding carboxylic acids is 1. The van der Waals surface area contributed by atoms with E-state index in [9.17, 15) is 15.0 Å². The summed E-state index contributed by atoms with van der Waals surface area (Å²) in [6, 6.07) is 4.50. The van der Waals surface area contributed by atoms with E-state index in [1.807, 2.05) is 6.92 Å². The Balaban J connectivity index is 2.71. The molecule has 0 saturated carbocycles. The highest BCUT2D eigenvalue weighted by molar-refractivity contribution is 8.00. The first-order valence-electron chi connectivity index (χ1n) is 5.06. The maximum atomic E-state index is 11.5. The van der Waals surface area contributed by atoms with Crippen molar-refractivity contribution in [1.29, 1.82) is 0 Å². The molecule has 0 bridgehead atoms. The summed E-state index contributed by atoms with van der Waals surface area (Å²) in [4.78, 5) is 11.5. The average molecular weight is 257 g/mol. The van der Waals surface area contributed by atoms with Crippen molar-refractivity contribution in [2.24, 2.45) is 0 Å². The molecule has 1 rings (SSSR count). The van der Waals surface area contributed by atoms with Crippen molar-refractivity contribution in [3.8, 4) is 11.5 Å². The molecular weight excluding hydrogens is 242 g/mol. The topological polar surface area (TPSA) is 78.8 Å². The van der Waals surface area contributed by atoms with Crippen LogP contribution in [0.3, 0.4) is 0 Å². The van der Waals surface area contributed by atoms with Crippen LogP contribution in [0.15, 0.2) is 18.2 Å². The highest BCUT2D eigenvalue weighted by Crippen LogP contribution is 2.28. The van der Waals surface area contributed by atoms with Gasteiger partial charge in [0, 0.05) is 6.07 Å². The number of aromatic hydroxyl groups is 1. The van der Waals surface area contributed by atoms with E-state index in [4.69, 9.17) is 4.74 Å². The van der Waals surface area contributed by atoms with Crippen molar-refractivity contribution in [2.45, 2.75) is 12.4 Å². The number of ether oxygens (including phenoxy) is 1. The van der Waals surface area contributed by atoms with Crippen LogP contribution in [0.4, 0.5) is 5.69 Å². The Morgan fingerprint density at radius 3 is 2.82 bits per heavy atom. The van der Waals surface area contributed by atoms with Gasteiger partial charge in [0.25, 0.3) is 5.91 Å².